The van der Waals surface area contributed by atoms with Gasteiger partial charge in [-0.2, -0.15) is 10.1 Å². The third-order valence-electron chi connectivity index (χ3n) is 6.07. The number of hydrogen-bond donors (Lipinski definition) is 1. The smallest absolute Gasteiger partial charge is 0.263 e. The monoisotopic (exact) mass is 513 g/mol. The molecule has 178 valence electrons. The first kappa shape index (κ1) is 22.4. The van der Waals surface area contributed by atoms with Crippen LogP contribution in [0.5, 0.6) is 0 Å². The van der Waals surface area contributed by atoms with Crippen LogP contribution in [0, 0.1) is 0 Å². The number of fused-ring (bicyclic) bond motifs is 2. The van der Waals surface area contributed by atoms with Gasteiger partial charge in [-0.1, -0.05) is 36.4 Å². The van der Waals surface area contributed by atoms with E-state index in [2.05, 4.69) is 25.4 Å². The molecule has 0 aliphatic carbocycles. The van der Waals surface area contributed by atoms with Gasteiger partial charge in [-0.25, -0.2) is 9.97 Å². The molecule has 1 atom stereocenters. The third kappa shape index (κ3) is 3.82. The Kier molecular flexibility index (Phi) is 5.50. The summed E-state index contributed by atoms with van der Waals surface area (Å²) >= 11 is 7.57. The molecule has 4 aromatic heterocycles. The van der Waals surface area contributed by atoms with E-state index in [0.717, 1.165) is 27.9 Å². The lowest BCUT2D eigenvalue weighted by molar-refractivity contribution is 0.768. The van der Waals surface area contributed by atoms with Gasteiger partial charge in [-0.05, 0) is 47.7 Å². The number of anilines is 1. The highest BCUT2D eigenvalue weighted by atomic mass is 35.5. The van der Waals surface area contributed by atoms with Crippen LogP contribution < -0.4 is 10.9 Å². The summed E-state index contributed by atoms with van der Waals surface area (Å²) in [6.45, 7) is 1.99. The van der Waals surface area contributed by atoms with E-state index >= 15 is 0 Å². The van der Waals surface area contributed by atoms with Gasteiger partial charge in [0.1, 0.15) is 5.52 Å². The van der Waals surface area contributed by atoms with Gasteiger partial charge in [0.15, 0.2) is 10.6 Å². The molecule has 0 bridgehead atoms. The van der Waals surface area contributed by atoms with Crippen LogP contribution in [0.3, 0.4) is 0 Å². The predicted octanol–water partition coefficient (Wildman–Crippen LogP) is 5.62. The van der Waals surface area contributed by atoms with Crippen LogP contribution in [0.1, 0.15) is 18.7 Å². The minimum Gasteiger partial charge on any atom is -0.360 e. The quantitative estimate of drug-likeness (QED) is 0.301. The first-order valence-electron chi connectivity index (χ1n) is 11.3. The van der Waals surface area contributed by atoms with E-state index in [9.17, 15) is 4.79 Å². The first-order valence-corrected chi connectivity index (χ1v) is 12.5. The zero-order valence-electron chi connectivity index (χ0n) is 19.4. The topological polar surface area (TPSA) is 90.5 Å². The summed E-state index contributed by atoms with van der Waals surface area (Å²) in [5.74, 6) is 0.523. The summed E-state index contributed by atoms with van der Waals surface area (Å²) in [5.41, 5.74) is 5.52. The molecule has 0 aliphatic heterocycles. The van der Waals surface area contributed by atoms with Gasteiger partial charge in [-0.3, -0.25) is 14.0 Å². The maximum atomic E-state index is 14.2. The average Bonchev–Trinajstić information content (AvgIpc) is 3.53. The molecule has 2 aromatic carbocycles. The number of halogens is 1. The SMILES string of the molecule is C[C@H](Nc1nc(Cl)nc2scnc12)c1cc2cccc(-c3cnn(C)c3)c2c(=O)n1-c1ccccc1. The van der Waals surface area contributed by atoms with E-state index in [1.165, 1.54) is 11.3 Å². The van der Waals surface area contributed by atoms with Crippen molar-refractivity contribution in [3.05, 3.63) is 93.8 Å². The van der Waals surface area contributed by atoms with Crippen molar-refractivity contribution in [2.75, 3.05) is 5.32 Å². The highest BCUT2D eigenvalue weighted by Crippen LogP contribution is 2.31. The van der Waals surface area contributed by atoms with Crippen molar-refractivity contribution in [3.63, 3.8) is 0 Å². The molecule has 6 rings (SSSR count). The summed E-state index contributed by atoms with van der Waals surface area (Å²) in [7, 11) is 1.86. The molecule has 0 saturated carbocycles. The number of rotatable bonds is 5. The van der Waals surface area contributed by atoms with Crippen LogP contribution in [0.4, 0.5) is 5.82 Å². The Morgan fingerprint density at radius 2 is 1.92 bits per heavy atom. The van der Waals surface area contributed by atoms with Gasteiger partial charge in [0, 0.05) is 30.2 Å². The van der Waals surface area contributed by atoms with E-state index in [-0.39, 0.29) is 16.9 Å². The molecule has 0 amide bonds. The number of thiazole rings is 1. The molecule has 0 aliphatic rings. The van der Waals surface area contributed by atoms with Gasteiger partial charge in [0.2, 0.25) is 5.28 Å². The molecule has 0 radical (unpaired) electrons. The Balaban J connectivity index is 1.57. The van der Waals surface area contributed by atoms with Crippen molar-refractivity contribution >= 4 is 49.9 Å². The van der Waals surface area contributed by atoms with Crippen molar-refractivity contribution in [2.45, 2.75) is 13.0 Å². The lowest BCUT2D eigenvalue weighted by Crippen LogP contribution is -2.26. The van der Waals surface area contributed by atoms with Crippen molar-refractivity contribution in [1.82, 2.24) is 29.3 Å². The number of para-hydroxylation sites is 1. The Bertz CT molecular complexity index is 1790. The normalized spacial score (nSPS) is 12.3. The molecule has 36 heavy (non-hydrogen) atoms. The Labute approximate surface area is 214 Å². The average molecular weight is 514 g/mol. The Morgan fingerprint density at radius 1 is 1.08 bits per heavy atom. The molecule has 8 nitrogen and oxygen atoms in total. The minimum atomic E-state index is -0.305. The zero-order valence-corrected chi connectivity index (χ0v) is 21.0. The van der Waals surface area contributed by atoms with Crippen molar-refractivity contribution < 1.29 is 0 Å². The Morgan fingerprint density at radius 3 is 2.69 bits per heavy atom. The molecule has 4 heterocycles. The number of hydrogen-bond acceptors (Lipinski definition) is 7. The van der Waals surface area contributed by atoms with E-state index in [1.54, 1.807) is 21.0 Å². The highest BCUT2D eigenvalue weighted by molar-refractivity contribution is 7.16. The number of pyridine rings is 1. The predicted molar refractivity (Wildman–Crippen MR) is 144 cm³/mol. The van der Waals surface area contributed by atoms with Crippen molar-refractivity contribution in [2.24, 2.45) is 7.05 Å². The number of aromatic nitrogens is 6. The van der Waals surface area contributed by atoms with Crippen LogP contribution in [0.25, 0.3) is 37.9 Å². The zero-order chi connectivity index (χ0) is 24.8. The summed E-state index contributed by atoms with van der Waals surface area (Å²) < 4.78 is 3.48. The van der Waals surface area contributed by atoms with E-state index in [1.807, 2.05) is 74.8 Å². The van der Waals surface area contributed by atoms with Crippen LogP contribution in [-0.2, 0) is 7.05 Å². The van der Waals surface area contributed by atoms with Gasteiger partial charge in [0.25, 0.3) is 5.56 Å². The molecular formula is C26H20ClN7OS. The van der Waals surface area contributed by atoms with Gasteiger partial charge in [0.05, 0.1) is 23.1 Å². The lowest BCUT2D eigenvalue weighted by atomic mass is 9.99. The summed E-state index contributed by atoms with van der Waals surface area (Å²) in [5, 5.41) is 9.34. The lowest BCUT2D eigenvalue weighted by Gasteiger charge is -2.22. The number of nitrogens with zero attached hydrogens (tertiary/aromatic N) is 6. The van der Waals surface area contributed by atoms with Crippen LogP contribution in [0.15, 0.2) is 77.3 Å². The maximum absolute atomic E-state index is 14.2. The standard InChI is InChI=1S/C26H20ClN7OS/c1-15(30-23-22-24(36-14-28-22)32-26(27)31-23)20-11-16-7-6-10-19(17-12-29-33(2)13-17)21(16)25(35)34(20)18-8-4-3-5-9-18/h3-15H,1-2H3,(H,30,31,32)/t15-/m0/s1. The first-order chi connectivity index (χ1) is 17.5. The van der Waals surface area contributed by atoms with Crippen LogP contribution >= 0.6 is 22.9 Å². The summed E-state index contributed by atoms with van der Waals surface area (Å²) in [4.78, 5) is 27.9. The molecular weight excluding hydrogens is 494 g/mol. The van der Waals surface area contributed by atoms with Crippen LogP contribution in [-0.4, -0.2) is 29.3 Å². The molecule has 0 unspecified atom stereocenters. The molecule has 1 N–H and O–H groups in total. The number of nitrogens with one attached hydrogen (secondary N) is 1. The van der Waals surface area contributed by atoms with Crippen molar-refractivity contribution in [3.8, 4) is 16.8 Å². The summed E-state index contributed by atoms with van der Waals surface area (Å²) in [6.07, 6.45) is 3.69. The fraction of sp³-hybridized carbons (Fsp3) is 0.115. The molecule has 6 aromatic rings. The second-order valence-corrected chi connectivity index (χ2v) is 9.60. The van der Waals surface area contributed by atoms with Gasteiger partial charge in [-0.15, -0.1) is 11.3 Å². The van der Waals surface area contributed by atoms with Gasteiger partial charge < -0.3 is 5.32 Å². The third-order valence-corrected chi connectivity index (χ3v) is 6.96. The largest absolute Gasteiger partial charge is 0.360 e. The highest BCUT2D eigenvalue weighted by Gasteiger charge is 2.20. The van der Waals surface area contributed by atoms with E-state index in [0.29, 0.717) is 21.6 Å². The number of benzene rings is 2. The molecule has 0 saturated heterocycles. The second kappa shape index (κ2) is 8.85. The maximum Gasteiger partial charge on any atom is 0.263 e. The molecule has 0 fully saturated rings. The summed E-state index contributed by atoms with van der Waals surface area (Å²) in [6, 6.07) is 17.2. The second-order valence-electron chi connectivity index (χ2n) is 8.43. The fourth-order valence-corrected chi connectivity index (χ4v) is 5.34. The molecule has 10 heteroatoms. The number of aryl methyl sites for hydroxylation is 1. The van der Waals surface area contributed by atoms with E-state index < -0.39 is 0 Å². The van der Waals surface area contributed by atoms with E-state index in [4.69, 9.17) is 11.6 Å². The molecule has 0 spiro atoms. The van der Waals surface area contributed by atoms with Crippen molar-refractivity contribution in [1.29, 1.82) is 0 Å². The van der Waals surface area contributed by atoms with Gasteiger partial charge >= 0.3 is 0 Å². The fourth-order valence-electron chi connectivity index (χ4n) is 4.46. The van der Waals surface area contributed by atoms with Crippen LogP contribution in [0.2, 0.25) is 5.28 Å². The minimum absolute atomic E-state index is 0.110. The Hall–Kier alpha value is -4.08.